The highest BCUT2D eigenvalue weighted by atomic mass is 16.5. The second-order valence-electron chi connectivity index (χ2n) is 5.15. The van der Waals surface area contributed by atoms with Crippen LogP contribution in [0.3, 0.4) is 0 Å². The topological polar surface area (TPSA) is 96.8 Å². The molecule has 1 amide bonds. The monoisotopic (exact) mass is 290 g/mol. The number of carboxylic acid groups (broad SMARTS) is 1. The summed E-state index contributed by atoms with van der Waals surface area (Å²) in [6.07, 6.45) is 1.51. The largest absolute Gasteiger partial charge is 0.481 e. The predicted octanol–water partition coefficient (Wildman–Crippen LogP) is 1.73. The van der Waals surface area contributed by atoms with Crippen molar-refractivity contribution >= 4 is 11.9 Å². The third-order valence-corrected chi connectivity index (χ3v) is 3.79. The van der Waals surface area contributed by atoms with E-state index in [0.29, 0.717) is 24.6 Å². The maximum Gasteiger partial charge on any atom is 0.306 e. The summed E-state index contributed by atoms with van der Waals surface area (Å²) < 4.78 is 10.2. The Hall–Kier alpha value is -2.57. The van der Waals surface area contributed by atoms with Crippen LogP contribution < -0.4 is 0 Å². The number of carboxylic acids is 1. The van der Waals surface area contributed by atoms with Gasteiger partial charge in [0.25, 0.3) is 5.91 Å². The molecule has 2 aromatic rings. The second-order valence-corrected chi connectivity index (χ2v) is 5.15. The van der Waals surface area contributed by atoms with Gasteiger partial charge >= 0.3 is 5.97 Å². The van der Waals surface area contributed by atoms with Gasteiger partial charge in [0.15, 0.2) is 11.5 Å². The van der Waals surface area contributed by atoms with E-state index in [1.54, 1.807) is 24.0 Å². The Labute approximate surface area is 120 Å². The van der Waals surface area contributed by atoms with E-state index in [2.05, 4.69) is 5.16 Å². The molecule has 7 heteroatoms. The predicted molar refractivity (Wildman–Crippen MR) is 70.4 cm³/mol. The highest BCUT2D eigenvalue weighted by Crippen LogP contribution is 2.27. The molecule has 3 heterocycles. The van der Waals surface area contributed by atoms with E-state index >= 15 is 0 Å². The van der Waals surface area contributed by atoms with Gasteiger partial charge in [-0.25, -0.2) is 0 Å². The van der Waals surface area contributed by atoms with Crippen molar-refractivity contribution < 1.29 is 23.6 Å². The molecule has 0 aromatic carbocycles. The molecule has 7 nitrogen and oxygen atoms in total. The number of rotatable bonds is 4. The fourth-order valence-corrected chi connectivity index (χ4v) is 2.27. The van der Waals surface area contributed by atoms with Crippen LogP contribution in [0.2, 0.25) is 0 Å². The molecule has 1 aliphatic heterocycles. The van der Waals surface area contributed by atoms with E-state index in [0.717, 1.165) is 0 Å². The molecular weight excluding hydrogens is 276 g/mol. The molecule has 1 atom stereocenters. The molecule has 1 unspecified atom stereocenters. The van der Waals surface area contributed by atoms with E-state index in [1.165, 1.54) is 12.3 Å². The maximum atomic E-state index is 12.2. The zero-order chi connectivity index (χ0) is 15.0. The summed E-state index contributed by atoms with van der Waals surface area (Å²) in [5, 5.41) is 12.7. The van der Waals surface area contributed by atoms with Gasteiger partial charge in [-0.3, -0.25) is 9.59 Å². The molecule has 1 fully saturated rings. The molecule has 0 spiro atoms. The lowest BCUT2D eigenvalue weighted by atomic mass is 9.87. The van der Waals surface area contributed by atoms with Crippen LogP contribution in [0.5, 0.6) is 0 Å². The van der Waals surface area contributed by atoms with Gasteiger partial charge in [0.2, 0.25) is 5.76 Å². The minimum atomic E-state index is -0.839. The fourth-order valence-electron chi connectivity index (χ4n) is 2.27. The highest BCUT2D eigenvalue weighted by Gasteiger charge is 2.38. The Morgan fingerprint density at radius 2 is 2.19 bits per heavy atom. The number of carbonyl (C=O) groups is 2. The lowest BCUT2D eigenvalue weighted by Crippen LogP contribution is -2.53. The normalized spacial score (nSPS) is 16.5. The number of carbonyl (C=O) groups excluding carboxylic acids is 1. The number of nitrogens with zero attached hydrogens (tertiary/aromatic N) is 2. The van der Waals surface area contributed by atoms with Gasteiger partial charge in [0.1, 0.15) is 0 Å². The van der Waals surface area contributed by atoms with Crippen molar-refractivity contribution in [1.29, 1.82) is 0 Å². The zero-order valence-electron chi connectivity index (χ0n) is 11.4. The number of hydrogen-bond donors (Lipinski definition) is 1. The summed E-state index contributed by atoms with van der Waals surface area (Å²) in [6, 6.07) is 4.95. The first-order chi connectivity index (χ1) is 10.1. The van der Waals surface area contributed by atoms with E-state index in [-0.39, 0.29) is 17.5 Å². The van der Waals surface area contributed by atoms with Gasteiger partial charge in [-0.15, -0.1) is 0 Å². The summed E-state index contributed by atoms with van der Waals surface area (Å²) in [7, 11) is 0. The summed E-state index contributed by atoms with van der Waals surface area (Å²) in [4.78, 5) is 24.6. The van der Waals surface area contributed by atoms with E-state index in [4.69, 9.17) is 14.0 Å². The lowest BCUT2D eigenvalue weighted by molar-refractivity contribution is -0.144. The molecule has 21 heavy (non-hydrogen) atoms. The Morgan fingerprint density at radius 3 is 2.81 bits per heavy atom. The van der Waals surface area contributed by atoms with Crippen molar-refractivity contribution in [2.75, 3.05) is 13.1 Å². The lowest BCUT2D eigenvalue weighted by Gasteiger charge is -2.40. The molecule has 3 rings (SSSR count). The number of aliphatic carboxylic acids is 1. The smallest absolute Gasteiger partial charge is 0.306 e. The third-order valence-electron chi connectivity index (χ3n) is 3.79. The molecule has 1 N–H and O–H groups in total. The van der Waals surface area contributed by atoms with Crippen LogP contribution in [0.15, 0.2) is 33.4 Å². The number of likely N-dealkylation sites (tertiary alicyclic amines) is 1. The quantitative estimate of drug-likeness (QED) is 0.921. The van der Waals surface area contributed by atoms with Crippen LogP contribution in [0.25, 0.3) is 11.5 Å². The van der Waals surface area contributed by atoms with Crippen molar-refractivity contribution in [3.63, 3.8) is 0 Å². The average molecular weight is 290 g/mol. The van der Waals surface area contributed by atoms with Crippen LogP contribution in [0, 0.1) is 11.8 Å². The first-order valence-electron chi connectivity index (χ1n) is 6.59. The fraction of sp³-hybridized carbons (Fsp3) is 0.357. The van der Waals surface area contributed by atoms with Gasteiger partial charge in [-0.2, -0.15) is 0 Å². The number of amides is 1. The Bertz CT molecular complexity index is 655. The molecule has 0 bridgehead atoms. The van der Waals surface area contributed by atoms with Crippen molar-refractivity contribution in [2.24, 2.45) is 11.8 Å². The number of hydrogen-bond acceptors (Lipinski definition) is 5. The standard InChI is InChI=1S/C14H14N2O5/c1-8(14(18)19)9-6-16(7-9)13(17)10-5-12(21-15-10)11-3-2-4-20-11/h2-5,8-9H,6-7H2,1H3,(H,18,19). The molecule has 2 aromatic heterocycles. The maximum absolute atomic E-state index is 12.2. The zero-order valence-corrected chi connectivity index (χ0v) is 11.4. The minimum absolute atomic E-state index is 0.0112. The van der Waals surface area contributed by atoms with Gasteiger partial charge in [0.05, 0.1) is 12.2 Å². The van der Waals surface area contributed by atoms with Gasteiger partial charge in [-0.05, 0) is 12.1 Å². The first kappa shape index (κ1) is 13.4. The first-order valence-corrected chi connectivity index (χ1v) is 6.59. The van der Waals surface area contributed by atoms with Crippen LogP contribution in [0.4, 0.5) is 0 Å². The van der Waals surface area contributed by atoms with E-state index in [9.17, 15) is 9.59 Å². The van der Waals surface area contributed by atoms with Crippen LogP contribution in [-0.2, 0) is 4.79 Å². The molecule has 0 aliphatic carbocycles. The Balaban J connectivity index is 1.64. The summed E-state index contributed by atoms with van der Waals surface area (Å²) in [5.74, 6) is -0.672. The van der Waals surface area contributed by atoms with Crippen LogP contribution in [-0.4, -0.2) is 40.1 Å². The summed E-state index contributed by atoms with van der Waals surface area (Å²) >= 11 is 0. The Kier molecular flexibility index (Phi) is 3.25. The van der Waals surface area contributed by atoms with Crippen molar-refractivity contribution in [3.8, 4) is 11.5 Å². The molecule has 0 radical (unpaired) electrons. The summed E-state index contributed by atoms with van der Waals surface area (Å²) in [6.45, 7) is 2.50. The van der Waals surface area contributed by atoms with Crippen molar-refractivity contribution in [3.05, 3.63) is 30.2 Å². The molecule has 110 valence electrons. The van der Waals surface area contributed by atoms with Crippen molar-refractivity contribution in [1.82, 2.24) is 10.1 Å². The number of furan rings is 1. The van der Waals surface area contributed by atoms with Gasteiger partial charge < -0.3 is 18.9 Å². The number of aromatic nitrogens is 1. The second kappa shape index (κ2) is 5.08. The molecule has 1 aliphatic rings. The molecule has 0 saturated carbocycles. The van der Waals surface area contributed by atoms with Crippen molar-refractivity contribution in [2.45, 2.75) is 6.92 Å². The van der Waals surface area contributed by atoms with Crippen LogP contribution in [0.1, 0.15) is 17.4 Å². The summed E-state index contributed by atoms with van der Waals surface area (Å²) in [5.41, 5.74) is 0.197. The van der Waals surface area contributed by atoms with Gasteiger partial charge in [0, 0.05) is 25.1 Å². The third kappa shape index (κ3) is 2.42. The van der Waals surface area contributed by atoms with Gasteiger partial charge in [-0.1, -0.05) is 12.1 Å². The SMILES string of the molecule is CC(C(=O)O)C1CN(C(=O)c2cc(-c3ccco3)on2)C1. The van der Waals surface area contributed by atoms with E-state index < -0.39 is 11.9 Å². The average Bonchev–Trinajstić information content (AvgIpc) is 3.07. The minimum Gasteiger partial charge on any atom is -0.481 e. The van der Waals surface area contributed by atoms with E-state index in [1.807, 2.05) is 0 Å². The molecule has 1 saturated heterocycles. The Morgan fingerprint density at radius 1 is 1.43 bits per heavy atom. The van der Waals surface area contributed by atoms with Crippen LogP contribution >= 0.6 is 0 Å². The highest BCUT2D eigenvalue weighted by molar-refractivity contribution is 5.93. The molecular formula is C14H14N2O5.